The monoisotopic (exact) mass is 735 g/mol. The molecule has 10 nitrogen and oxygen atoms in total. The molecule has 4 rings (SSSR count). The molecule has 5 atom stereocenters. The molecule has 1 aromatic heterocycles. The standard InChI is InChI=1S/C18H19I2N5O5S3/c1-8(26)25(23-3-9(19)12(27)10(20)4-23)11-13(28)24-5-18(16(29)30,6-32-14(11)24)15(31)17(2)21-7-33-22-17/h3-4,7,11,14-15,22,31H,5-6H2,1-2H3,(H,29,30)/t11?,14-,15?,17?,18?/m1/s1. The summed E-state index contributed by atoms with van der Waals surface area (Å²) < 4.78 is 5.42. The normalized spacial score (nSPS) is 31.7. The van der Waals surface area contributed by atoms with Crippen LogP contribution in [0.3, 0.4) is 0 Å². The maximum atomic E-state index is 13.3. The number of nitrogens with zero attached hydrogens (tertiary/aromatic N) is 4. The van der Waals surface area contributed by atoms with Gasteiger partial charge in [0.15, 0.2) is 6.04 Å². The summed E-state index contributed by atoms with van der Waals surface area (Å²) in [6, 6.07) is -0.805. The van der Waals surface area contributed by atoms with Gasteiger partial charge in [0.2, 0.25) is 11.3 Å². The predicted octanol–water partition coefficient (Wildman–Crippen LogP) is 1.19. The number of nitrogens with one attached hydrogen (secondary N) is 1. The van der Waals surface area contributed by atoms with Crippen LogP contribution in [0.4, 0.5) is 0 Å². The van der Waals surface area contributed by atoms with Crippen molar-refractivity contribution in [3.63, 3.8) is 0 Å². The van der Waals surface area contributed by atoms with Gasteiger partial charge in [0, 0.05) is 31.6 Å². The lowest BCUT2D eigenvalue weighted by atomic mass is 9.78. The zero-order valence-corrected chi connectivity index (χ0v) is 24.1. The van der Waals surface area contributed by atoms with Gasteiger partial charge in [0.25, 0.3) is 5.91 Å². The number of thioether (sulfide) groups is 1. The largest absolute Gasteiger partial charge is 0.481 e. The molecular formula is C18H19I2N5O5S3. The highest BCUT2D eigenvalue weighted by atomic mass is 127. The topological polar surface area (TPSA) is 124 Å². The van der Waals surface area contributed by atoms with E-state index in [4.69, 9.17) is 0 Å². The number of amides is 2. The molecule has 33 heavy (non-hydrogen) atoms. The fraction of sp³-hybridized carbons (Fsp3) is 0.500. The van der Waals surface area contributed by atoms with E-state index in [-0.39, 0.29) is 29.5 Å². The van der Waals surface area contributed by atoms with Gasteiger partial charge in [-0.25, -0.2) is 9.73 Å². The molecule has 0 aliphatic carbocycles. The summed E-state index contributed by atoms with van der Waals surface area (Å²) in [5.74, 6) is -1.56. The van der Waals surface area contributed by atoms with E-state index in [1.54, 1.807) is 12.5 Å². The Morgan fingerprint density at radius 1 is 1.36 bits per heavy atom. The number of pyridine rings is 1. The van der Waals surface area contributed by atoms with Crippen molar-refractivity contribution in [1.29, 1.82) is 0 Å². The molecule has 15 heteroatoms. The number of carbonyl (C=O) groups is 3. The lowest BCUT2D eigenvalue weighted by Crippen LogP contribution is -2.77. The van der Waals surface area contributed by atoms with E-state index in [0.29, 0.717) is 7.14 Å². The molecule has 178 valence electrons. The van der Waals surface area contributed by atoms with Crippen molar-refractivity contribution in [3.8, 4) is 0 Å². The highest BCUT2D eigenvalue weighted by molar-refractivity contribution is 14.1. The van der Waals surface area contributed by atoms with Gasteiger partial charge in [-0.05, 0) is 64.1 Å². The molecule has 3 aliphatic rings. The Balaban J connectivity index is 1.63. The van der Waals surface area contributed by atoms with E-state index in [1.165, 1.54) is 57.6 Å². The summed E-state index contributed by atoms with van der Waals surface area (Å²) in [6.07, 6.45) is 3.03. The van der Waals surface area contributed by atoms with Crippen molar-refractivity contribution < 1.29 is 19.5 Å². The van der Waals surface area contributed by atoms with Crippen LogP contribution >= 0.6 is 81.5 Å². The van der Waals surface area contributed by atoms with Gasteiger partial charge in [0.1, 0.15) is 16.5 Å². The third-order valence-electron chi connectivity index (χ3n) is 5.96. The molecule has 1 aromatic rings. The first-order valence-corrected chi connectivity index (χ1v) is 14.2. The number of carboxylic acid groups (broad SMARTS) is 1. The van der Waals surface area contributed by atoms with Gasteiger partial charge in [0.05, 0.1) is 17.9 Å². The minimum Gasteiger partial charge on any atom is -0.481 e. The number of aliphatic imine (C=N–C) groups is 1. The molecular weight excluding hydrogens is 716 g/mol. The zero-order valence-electron chi connectivity index (χ0n) is 17.3. The second kappa shape index (κ2) is 9.18. The van der Waals surface area contributed by atoms with Crippen LogP contribution in [0.25, 0.3) is 0 Å². The number of hydrogen-bond donors (Lipinski definition) is 3. The van der Waals surface area contributed by atoms with E-state index in [9.17, 15) is 24.3 Å². The molecule has 3 aliphatic heterocycles. The number of carbonyl (C=O) groups excluding carboxylic acids is 2. The van der Waals surface area contributed by atoms with Gasteiger partial charge in [-0.15, -0.1) is 11.8 Å². The number of halogens is 2. The third-order valence-corrected chi connectivity index (χ3v) is 10.8. The fourth-order valence-electron chi connectivity index (χ4n) is 4.18. The number of hydrogen-bond acceptors (Lipinski definition) is 9. The number of carboxylic acids is 1. The van der Waals surface area contributed by atoms with Crippen molar-refractivity contribution in [2.24, 2.45) is 10.4 Å². The molecule has 0 bridgehead atoms. The number of aromatic nitrogens is 1. The zero-order chi connectivity index (χ0) is 24.3. The second-order valence-corrected chi connectivity index (χ2v) is 12.7. The molecule has 4 unspecified atom stereocenters. The molecule has 0 radical (unpaired) electrons. The number of thiol groups is 1. The Kier molecular flexibility index (Phi) is 7.12. The number of aliphatic carboxylic acids is 1. The van der Waals surface area contributed by atoms with Crippen molar-refractivity contribution in [2.45, 2.75) is 36.2 Å². The summed E-state index contributed by atoms with van der Waals surface area (Å²) >= 11 is 11.0. The van der Waals surface area contributed by atoms with Crippen molar-refractivity contribution in [1.82, 2.24) is 14.3 Å². The molecule has 2 N–H and O–H groups in total. The van der Waals surface area contributed by atoms with Crippen LogP contribution in [0.15, 0.2) is 22.2 Å². The van der Waals surface area contributed by atoms with Crippen LogP contribution in [-0.2, 0) is 14.4 Å². The number of fused-ring (bicyclic) bond motifs is 1. The highest BCUT2D eigenvalue weighted by Gasteiger charge is 2.63. The van der Waals surface area contributed by atoms with Crippen molar-refractivity contribution >= 4 is 105 Å². The van der Waals surface area contributed by atoms with Crippen molar-refractivity contribution in [3.05, 3.63) is 29.8 Å². The van der Waals surface area contributed by atoms with Gasteiger partial charge < -0.3 is 10.0 Å². The van der Waals surface area contributed by atoms with Crippen LogP contribution in [0, 0.1) is 12.6 Å². The Labute approximate surface area is 230 Å². The van der Waals surface area contributed by atoms with Crippen LogP contribution in [0.1, 0.15) is 13.8 Å². The molecule has 4 heterocycles. The van der Waals surface area contributed by atoms with Crippen molar-refractivity contribution in [2.75, 3.05) is 17.3 Å². The summed E-state index contributed by atoms with van der Waals surface area (Å²) in [5.41, 5.74) is -0.773. The minimum absolute atomic E-state index is 0.0358. The Bertz CT molecular complexity index is 1110. The maximum absolute atomic E-state index is 13.3. The third kappa shape index (κ3) is 4.13. The predicted molar refractivity (Wildman–Crippen MR) is 147 cm³/mol. The molecule has 0 spiro atoms. The van der Waals surface area contributed by atoms with E-state index in [2.05, 4.69) is 22.3 Å². The minimum atomic E-state index is -1.34. The molecule has 0 aromatic carbocycles. The van der Waals surface area contributed by atoms with E-state index < -0.39 is 33.7 Å². The van der Waals surface area contributed by atoms with Gasteiger partial charge >= 0.3 is 5.97 Å². The Morgan fingerprint density at radius 3 is 2.52 bits per heavy atom. The summed E-state index contributed by atoms with van der Waals surface area (Å²) in [6.45, 7) is 3.10. The Morgan fingerprint density at radius 2 is 2.00 bits per heavy atom. The van der Waals surface area contributed by atoms with E-state index >= 15 is 0 Å². The quantitative estimate of drug-likeness (QED) is 0.179. The van der Waals surface area contributed by atoms with Gasteiger partial charge in [-0.3, -0.25) is 28.8 Å². The van der Waals surface area contributed by atoms with Gasteiger partial charge in [-0.1, -0.05) is 0 Å². The van der Waals surface area contributed by atoms with Crippen LogP contribution < -0.4 is 15.2 Å². The number of rotatable bonds is 5. The smallest absolute Gasteiger partial charge is 0.313 e. The van der Waals surface area contributed by atoms with E-state index in [0.717, 1.165) is 0 Å². The average Bonchev–Trinajstić information content (AvgIpc) is 3.21. The molecule has 2 fully saturated rings. The number of β-lactam (4-membered cyclic amide) rings is 1. The summed E-state index contributed by atoms with van der Waals surface area (Å²) in [7, 11) is 0. The maximum Gasteiger partial charge on any atom is 0.313 e. The van der Waals surface area contributed by atoms with Gasteiger partial charge in [-0.2, -0.15) is 12.6 Å². The lowest BCUT2D eigenvalue weighted by Gasteiger charge is -2.57. The molecule has 0 saturated carbocycles. The first-order chi connectivity index (χ1) is 15.4. The van der Waals surface area contributed by atoms with Crippen LogP contribution in [-0.4, -0.2) is 72.6 Å². The average molecular weight is 735 g/mol. The lowest BCUT2D eigenvalue weighted by molar-refractivity contribution is -0.159. The first-order valence-electron chi connectivity index (χ1n) is 9.60. The highest BCUT2D eigenvalue weighted by Crippen LogP contribution is 2.49. The second-order valence-electron chi connectivity index (χ2n) is 8.11. The molecule has 2 amide bonds. The summed E-state index contributed by atoms with van der Waals surface area (Å²) in [5, 5.41) is 10.4. The van der Waals surface area contributed by atoms with Crippen LogP contribution in [0.5, 0.6) is 0 Å². The Hall–Kier alpha value is -0.500. The molecule has 2 saturated heterocycles. The fourth-order valence-corrected chi connectivity index (χ4v) is 8.82. The van der Waals surface area contributed by atoms with Crippen LogP contribution in [0.2, 0.25) is 0 Å². The summed E-state index contributed by atoms with van der Waals surface area (Å²) in [4.78, 5) is 56.3. The first kappa shape index (κ1) is 25.6. The SMILES string of the molecule is CC(=O)N(C1C(=O)N2CC(C(=O)O)(C(S)C3(C)N=CSN3)CS[C@H]12)n1cc(I)c(=O)c(I)c1. The van der Waals surface area contributed by atoms with E-state index in [1.807, 2.05) is 45.2 Å².